The Bertz CT molecular complexity index is 420. The lowest BCUT2D eigenvalue weighted by Crippen LogP contribution is -2.29. The number of nitrogens with two attached hydrogens (primary N) is 1. The van der Waals surface area contributed by atoms with Crippen LogP contribution in [0.15, 0.2) is 24.3 Å². The summed E-state index contributed by atoms with van der Waals surface area (Å²) >= 11 is 0. The number of nitrogens with zero attached hydrogens (tertiary/aromatic N) is 1. The maximum atomic E-state index is 12.5. The number of hydrogen-bond acceptors (Lipinski definition) is 2. The third-order valence-corrected chi connectivity index (χ3v) is 3.94. The van der Waals surface area contributed by atoms with Gasteiger partial charge in [0.25, 0.3) is 5.91 Å². The summed E-state index contributed by atoms with van der Waals surface area (Å²) < 4.78 is 0. The minimum atomic E-state index is 0.162. The van der Waals surface area contributed by atoms with Gasteiger partial charge in [-0.05, 0) is 36.4 Å². The van der Waals surface area contributed by atoms with E-state index in [0.29, 0.717) is 18.4 Å². The monoisotopic (exact) mass is 246 g/mol. The Hall–Kier alpha value is -1.35. The van der Waals surface area contributed by atoms with Crippen molar-refractivity contribution in [1.29, 1.82) is 0 Å². The van der Waals surface area contributed by atoms with E-state index in [2.05, 4.69) is 13.8 Å². The first-order valence-electron chi connectivity index (χ1n) is 6.70. The molecule has 18 heavy (non-hydrogen) atoms. The van der Waals surface area contributed by atoms with Crippen molar-refractivity contribution in [3.05, 3.63) is 35.4 Å². The van der Waals surface area contributed by atoms with Gasteiger partial charge in [-0.2, -0.15) is 0 Å². The van der Waals surface area contributed by atoms with Crippen molar-refractivity contribution in [3.63, 3.8) is 0 Å². The smallest absolute Gasteiger partial charge is 0.254 e. The predicted octanol–water partition coefficient (Wildman–Crippen LogP) is 1.92. The van der Waals surface area contributed by atoms with Gasteiger partial charge in [0, 0.05) is 18.7 Å². The number of carbonyl (C=O) groups excluding carboxylic acids is 1. The van der Waals surface area contributed by atoms with Gasteiger partial charge < -0.3 is 10.6 Å². The highest BCUT2D eigenvalue weighted by Crippen LogP contribution is 2.24. The number of benzene rings is 1. The lowest BCUT2D eigenvalue weighted by atomic mass is 10.0. The van der Waals surface area contributed by atoms with Crippen molar-refractivity contribution in [2.24, 2.45) is 17.6 Å². The summed E-state index contributed by atoms with van der Waals surface area (Å²) in [5.74, 6) is 1.35. The second kappa shape index (κ2) is 5.53. The fraction of sp³-hybridized carbons (Fsp3) is 0.533. The molecule has 3 nitrogen and oxygen atoms in total. The van der Waals surface area contributed by atoms with Crippen molar-refractivity contribution in [2.75, 3.05) is 19.6 Å². The van der Waals surface area contributed by atoms with Gasteiger partial charge in [-0.15, -0.1) is 0 Å². The van der Waals surface area contributed by atoms with Crippen molar-refractivity contribution < 1.29 is 4.79 Å². The summed E-state index contributed by atoms with van der Waals surface area (Å²) in [7, 11) is 0. The van der Waals surface area contributed by atoms with Crippen molar-refractivity contribution in [3.8, 4) is 0 Å². The average molecular weight is 246 g/mol. The molecule has 98 valence electrons. The Morgan fingerprint density at radius 2 is 1.89 bits per heavy atom. The molecule has 0 aliphatic carbocycles. The molecule has 1 saturated heterocycles. The molecule has 2 atom stereocenters. The van der Waals surface area contributed by atoms with Gasteiger partial charge >= 0.3 is 0 Å². The molecule has 1 fully saturated rings. The minimum absolute atomic E-state index is 0.162. The maximum Gasteiger partial charge on any atom is 0.254 e. The van der Waals surface area contributed by atoms with Crippen LogP contribution in [0, 0.1) is 11.8 Å². The maximum absolute atomic E-state index is 12.5. The number of likely N-dealkylation sites (tertiary alicyclic amines) is 1. The van der Waals surface area contributed by atoms with Crippen LogP contribution in [0.25, 0.3) is 0 Å². The van der Waals surface area contributed by atoms with Gasteiger partial charge in [-0.3, -0.25) is 4.79 Å². The van der Waals surface area contributed by atoms with Crippen molar-refractivity contribution in [1.82, 2.24) is 4.90 Å². The van der Waals surface area contributed by atoms with Crippen molar-refractivity contribution in [2.45, 2.75) is 20.3 Å². The molecule has 0 spiro atoms. The largest absolute Gasteiger partial charge is 0.338 e. The van der Waals surface area contributed by atoms with Crippen LogP contribution in [0.5, 0.6) is 0 Å². The summed E-state index contributed by atoms with van der Waals surface area (Å²) in [6.45, 7) is 6.75. The van der Waals surface area contributed by atoms with E-state index in [0.717, 1.165) is 30.6 Å². The van der Waals surface area contributed by atoms with Gasteiger partial charge in [-0.1, -0.05) is 32.0 Å². The quantitative estimate of drug-likeness (QED) is 0.885. The predicted molar refractivity (Wildman–Crippen MR) is 73.4 cm³/mol. The molecule has 1 aromatic carbocycles. The molecule has 2 unspecified atom stereocenters. The molecular formula is C15H22N2O. The van der Waals surface area contributed by atoms with Gasteiger partial charge in [0.1, 0.15) is 0 Å². The van der Waals surface area contributed by atoms with Gasteiger partial charge in [0.2, 0.25) is 0 Å². The first kappa shape index (κ1) is 13.1. The second-order valence-corrected chi connectivity index (χ2v) is 5.36. The zero-order valence-electron chi connectivity index (χ0n) is 11.2. The Balaban J connectivity index is 2.19. The van der Waals surface area contributed by atoms with Crippen LogP contribution in [0.1, 0.15) is 29.8 Å². The van der Waals surface area contributed by atoms with E-state index in [-0.39, 0.29) is 5.91 Å². The minimum Gasteiger partial charge on any atom is -0.338 e. The molecule has 2 rings (SSSR count). The van der Waals surface area contributed by atoms with Crippen LogP contribution in [0.2, 0.25) is 0 Å². The highest BCUT2D eigenvalue weighted by atomic mass is 16.2. The Labute approximate surface area is 109 Å². The van der Waals surface area contributed by atoms with E-state index in [1.165, 1.54) is 0 Å². The topological polar surface area (TPSA) is 46.3 Å². The fourth-order valence-electron chi connectivity index (χ4n) is 2.57. The molecule has 1 aromatic rings. The Morgan fingerprint density at radius 1 is 1.28 bits per heavy atom. The van der Waals surface area contributed by atoms with Gasteiger partial charge in [0.15, 0.2) is 0 Å². The number of amides is 1. The number of carbonyl (C=O) groups is 1. The highest BCUT2D eigenvalue weighted by molar-refractivity contribution is 5.95. The first-order valence-corrected chi connectivity index (χ1v) is 6.70. The lowest BCUT2D eigenvalue weighted by Gasteiger charge is -2.18. The molecule has 0 radical (unpaired) electrons. The van der Waals surface area contributed by atoms with E-state index in [1.54, 1.807) is 0 Å². The summed E-state index contributed by atoms with van der Waals surface area (Å²) in [6, 6.07) is 7.82. The van der Waals surface area contributed by atoms with E-state index >= 15 is 0 Å². The van der Waals surface area contributed by atoms with E-state index in [4.69, 9.17) is 5.73 Å². The fourth-order valence-corrected chi connectivity index (χ4v) is 2.57. The third-order valence-electron chi connectivity index (χ3n) is 3.94. The first-order chi connectivity index (χ1) is 8.63. The molecule has 1 amide bonds. The van der Waals surface area contributed by atoms with E-state index in [1.807, 2.05) is 29.2 Å². The highest BCUT2D eigenvalue weighted by Gasteiger charge is 2.30. The van der Waals surface area contributed by atoms with Crippen LogP contribution >= 0.6 is 0 Å². The van der Waals surface area contributed by atoms with Gasteiger partial charge in [-0.25, -0.2) is 0 Å². The molecule has 1 aliphatic rings. The molecule has 0 saturated carbocycles. The van der Waals surface area contributed by atoms with Crippen LogP contribution in [-0.4, -0.2) is 30.4 Å². The van der Waals surface area contributed by atoms with E-state index < -0.39 is 0 Å². The summed E-state index contributed by atoms with van der Waals surface area (Å²) in [5.41, 5.74) is 7.49. The SMILES string of the molecule is CC1CN(C(=O)c2ccccc2CCN)CC1C. The summed E-state index contributed by atoms with van der Waals surface area (Å²) in [4.78, 5) is 14.5. The normalized spacial score (nSPS) is 23.4. The van der Waals surface area contributed by atoms with Crippen LogP contribution < -0.4 is 5.73 Å². The Kier molecular flexibility index (Phi) is 4.02. The van der Waals surface area contributed by atoms with Gasteiger partial charge in [0.05, 0.1) is 0 Å². The summed E-state index contributed by atoms with van der Waals surface area (Å²) in [6.07, 6.45) is 0.765. The molecule has 3 heteroatoms. The molecule has 2 N–H and O–H groups in total. The standard InChI is InChI=1S/C15H22N2O/c1-11-9-17(10-12(11)2)15(18)14-6-4-3-5-13(14)7-8-16/h3-6,11-12H,7-10,16H2,1-2H3. The molecule has 0 bridgehead atoms. The molecular weight excluding hydrogens is 224 g/mol. The van der Waals surface area contributed by atoms with E-state index in [9.17, 15) is 4.79 Å². The zero-order chi connectivity index (χ0) is 13.1. The average Bonchev–Trinajstić information content (AvgIpc) is 2.70. The molecule has 1 aliphatic heterocycles. The lowest BCUT2D eigenvalue weighted by molar-refractivity contribution is 0.0784. The zero-order valence-corrected chi connectivity index (χ0v) is 11.2. The third kappa shape index (κ3) is 2.56. The molecule has 0 aromatic heterocycles. The number of rotatable bonds is 3. The summed E-state index contributed by atoms with van der Waals surface area (Å²) in [5, 5.41) is 0. The number of hydrogen-bond donors (Lipinski definition) is 1. The second-order valence-electron chi connectivity index (χ2n) is 5.36. The van der Waals surface area contributed by atoms with Crippen LogP contribution in [-0.2, 0) is 6.42 Å². The van der Waals surface area contributed by atoms with Crippen molar-refractivity contribution >= 4 is 5.91 Å². The van der Waals surface area contributed by atoms with Crippen LogP contribution in [0.4, 0.5) is 0 Å². The Morgan fingerprint density at radius 3 is 2.50 bits per heavy atom. The van der Waals surface area contributed by atoms with Crippen LogP contribution in [0.3, 0.4) is 0 Å². The molecule has 1 heterocycles.